The lowest BCUT2D eigenvalue weighted by atomic mass is 9.96. The highest BCUT2D eigenvalue weighted by atomic mass is 79.9. The maximum atomic E-state index is 13.5. The van der Waals surface area contributed by atoms with Crippen LogP contribution in [0.4, 0.5) is 5.82 Å². The number of rotatable bonds is 6. The van der Waals surface area contributed by atoms with Crippen molar-refractivity contribution >= 4 is 60.6 Å². The van der Waals surface area contributed by atoms with E-state index in [4.69, 9.17) is 28.2 Å². The van der Waals surface area contributed by atoms with Gasteiger partial charge in [-0.25, -0.2) is 13.4 Å². The number of nitrogens with zero attached hydrogens (tertiary/aromatic N) is 5. The van der Waals surface area contributed by atoms with Crippen LogP contribution in [0.15, 0.2) is 64.4 Å². The average molecular weight is 596 g/mol. The van der Waals surface area contributed by atoms with Gasteiger partial charge in [0, 0.05) is 44.0 Å². The number of pyridine rings is 1. The van der Waals surface area contributed by atoms with Crippen molar-refractivity contribution in [1.82, 2.24) is 23.9 Å². The van der Waals surface area contributed by atoms with Crippen LogP contribution in [0.25, 0.3) is 5.65 Å². The summed E-state index contributed by atoms with van der Waals surface area (Å²) in [5.41, 5.74) is 2.47. The highest BCUT2D eigenvalue weighted by molar-refractivity contribution is 9.10. The zero-order chi connectivity index (χ0) is 24.6. The second kappa shape index (κ2) is 10.0. The molecule has 1 fully saturated rings. The van der Waals surface area contributed by atoms with Gasteiger partial charge in [0.15, 0.2) is 5.65 Å². The maximum absolute atomic E-state index is 13.5. The van der Waals surface area contributed by atoms with E-state index in [-0.39, 0.29) is 27.4 Å². The van der Waals surface area contributed by atoms with E-state index in [0.29, 0.717) is 25.2 Å². The minimum absolute atomic E-state index is 0.0512. The molecule has 8 nitrogen and oxygen atoms in total. The van der Waals surface area contributed by atoms with Crippen LogP contribution in [0.1, 0.15) is 30.0 Å². The Labute approximate surface area is 221 Å². The second-order valence-corrected chi connectivity index (χ2v) is 11.8. The molecule has 182 valence electrons. The molecule has 0 saturated carbocycles. The first-order valence-corrected chi connectivity index (χ1v) is 13.9. The number of piperidine rings is 1. The fraction of sp³-hybridized carbons (Fsp3) is 0.261. The molecule has 5 rings (SSSR count). The summed E-state index contributed by atoms with van der Waals surface area (Å²) in [6.07, 6.45) is 6.72. The van der Waals surface area contributed by atoms with Gasteiger partial charge in [-0.15, -0.1) is 0 Å². The van der Waals surface area contributed by atoms with Gasteiger partial charge in [-0.3, -0.25) is 4.98 Å². The summed E-state index contributed by atoms with van der Waals surface area (Å²) >= 11 is 16.0. The van der Waals surface area contributed by atoms with Gasteiger partial charge in [-0.2, -0.15) is 13.9 Å². The molecule has 1 aliphatic heterocycles. The Balaban J connectivity index is 1.46. The monoisotopic (exact) mass is 594 g/mol. The number of hydrogen-bond donors (Lipinski definition) is 1. The molecule has 1 aliphatic rings. The summed E-state index contributed by atoms with van der Waals surface area (Å²) in [5.74, 6) is 0.652. The smallest absolute Gasteiger partial charge is 0.246 e. The second-order valence-electron chi connectivity index (χ2n) is 8.26. The highest BCUT2D eigenvalue weighted by Gasteiger charge is 2.34. The summed E-state index contributed by atoms with van der Waals surface area (Å²) in [7, 11) is -3.87. The summed E-state index contributed by atoms with van der Waals surface area (Å²) in [6, 6.07) is 10.5. The third kappa shape index (κ3) is 4.90. The molecule has 4 aromatic rings. The average Bonchev–Trinajstić information content (AvgIpc) is 3.24. The Kier molecular flexibility index (Phi) is 7.00. The van der Waals surface area contributed by atoms with Gasteiger partial charge < -0.3 is 5.32 Å². The van der Waals surface area contributed by atoms with Crippen LogP contribution in [0, 0.1) is 0 Å². The number of benzene rings is 1. The zero-order valence-corrected chi connectivity index (χ0v) is 22.3. The maximum Gasteiger partial charge on any atom is 0.246 e. The van der Waals surface area contributed by atoms with Crippen LogP contribution in [0.2, 0.25) is 10.0 Å². The molecule has 12 heteroatoms. The largest absolute Gasteiger partial charge is 0.366 e. The van der Waals surface area contributed by atoms with E-state index in [1.54, 1.807) is 29.2 Å². The predicted molar refractivity (Wildman–Crippen MR) is 139 cm³/mol. The van der Waals surface area contributed by atoms with Crippen LogP contribution < -0.4 is 5.32 Å². The summed E-state index contributed by atoms with van der Waals surface area (Å²) in [5, 5.41) is 8.07. The number of hydrogen-bond acceptors (Lipinski definition) is 6. The SMILES string of the molecule is O=S(=O)(c1c(Cl)cccc1Cl)N1CCCC(c2cc(NCc3cccnc3)n3ncc(Br)c3n2)C1. The number of fused-ring (bicyclic) bond motifs is 1. The van der Waals surface area contributed by atoms with Gasteiger partial charge in [-0.1, -0.05) is 35.3 Å². The van der Waals surface area contributed by atoms with E-state index in [2.05, 4.69) is 31.3 Å². The Bertz CT molecular complexity index is 1460. The molecule has 0 aliphatic carbocycles. The normalized spacial score (nSPS) is 17.1. The minimum atomic E-state index is -3.87. The lowest BCUT2D eigenvalue weighted by Crippen LogP contribution is -2.39. The highest BCUT2D eigenvalue weighted by Crippen LogP contribution is 2.36. The topological polar surface area (TPSA) is 92.5 Å². The minimum Gasteiger partial charge on any atom is -0.366 e. The molecule has 0 radical (unpaired) electrons. The van der Waals surface area contributed by atoms with Crippen molar-refractivity contribution in [2.45, 2.75) is 30.2 Å². The van der Waals surface area contributed by atoms with Crippen molar-refractivity contribution in [3.05, 3.63) is 80.8 Å². The van der Waals surface area contributed by atoms with Crippen molar-refractivity contribution < 1.29 is 8.42 Å². The molecule has 3 aromatic heterocycles. The van der Waals surface area contributed by atoms with Gasteiger partial charge >= 0.3 is 0 Å². The Hall–Kier alpha value is -2.24. The molecule has 1 N–H and O–H groups in total. The third-order valence-corrected chi connectivity index (χ3v) is 9.34. The van der Waals surface area contributed by atoms with E-state index < -0.39 is 10.0 Å². The van der Waals surface area contributed by atoms with Crippen LogP contribution >= 0.6 is 39.1 Å². The van der Waals surface area contributed by atoms with Crippen molar-refractivity contribution in [3.8, 4) is 0 Å². The molecule has 0 spiro atoms. The lowest BCUT2D eigenvalue weighted by Gasteiger charge is -2.32. The molecule has 1 atom stereocenters. The quantitative estimate of drug-likeness (QED) is 0.322. The van der Waals surface area contributed by atoms with E-state index in [0.717, 1.165) is 28.0 Å². The van der Waals surface area contributed by atoms with Gasteiger partial charge in [0.2, 0.25) is 10.0 Å². The van der Waals surface area contributed by atoms with Crippen molar-refractivity contribution in [2.24, 2.45) is 0 Å². The molecule has 1 unspecified atom stereocenters. The van der Waals surface area contributed by atoms with E-state index in [9.17, 15) is 8.42 Å². The van der Waals surface area contributed by atoms with Crippen LogP contribution in [-0.2, 0) is 16.6 Å². The van der Waals surface area contributed by atoms with Crippen molar-refractivity contribution in [3.63, 3.8) is 0 Å². The standard InChI is InChI=1S/C23H21BrCl2N6O2S/c24-17-13-29-32-21(28-12-15-4-2-8-27-11-15)10-20(30-23(17)32)16-5-3-9-31(14-16)35(33,34)22-18(25)6-1-7-19(22)26/h1-2,4,6-8,10-11,13,16,28H,3,5,9,12,14H2. The van der Waals surface area contributed by atoms with Gasteiger partial charge in [0.05, 0.1) is 26.4 Å². The molecular formula is C23H21BrCl2N6O2S. The molecule has 1 saturated heterocycles. The molecular weight excluding hydrogens is 575 g/mol. The number of halogens is 3. The van der Waals surface area contributed by atoms with Crippen LogP contribution in [0.3, 0.4) is 0 Å². The Morgan fingerprint density at radius 2 is 1.94 bits per heavy atom. The van der Waals surface area contributed by atoms with E-state index in [1.807, 2.05) is 18.2 Å². The number of nitrogens with one attached hydrogen (secondary N) is 1. The first kappa shape index (κ1) is 24.5. The third-order valence-electron chi connectivity index (χ3n) is 5.96. The van der Waals surface area contributed by atoms with Gasteiger partial charge in [-0.05, 0) is 52.5 Å². The molecule has 0 bridgehead atoms. The zero-order valence-electron chi connectivity index (χ0n) is 18.4. The molecule has 0 amide bonds. The first-order valence-electron chi connectivity index (χ1n) is 11.0. The van der Waals surface area contributed by atoms with Crippen molar-refractivity contribution in [2.75, 3.05) is 18.4 Å². The van der Waals surface area contributed by atoms with Crippen LogP contribution in [-0.4, -0.2) is 45.4 Å². The molecule has 4 heterocycles. The first-order chi connectivity index (χ1) is 16.8. The number of anilines is 1. The van der Waals surface area contributed by atoms with Crippen LogP contribution in [0.5, 0.6) is 0 Å². The number of aromatic nitrogens is 4. The Morgan fingerprint density at radius 1 is 1.14 bits per heavy atom. The molecule has 1 aromatic carbocycles. The lowest BCUT2D eigenvalue weighted by molar-refractivity contribution is 0.313. The van der Waals surface area contributed by atoms with Gasteiger partial charge in [0.1, 0.15) is 10.7 Å². The molecule has 35 heavy (non-hydrogen) atoms. The summed E-state index contributed by atoms with van der Waals surface area (Å²) in [6.45, 7) is 1.23. The summed E-state index contributed by atoms with van der Waals surface area (Å²) in [4.78, 5) is 8.93. The Morgan fingerprint density at radius 3 is 2.69 bits per heavy atom. The van der Waals surface area contributed by atoms with E-state index in [1.165, 1.54) is 16.4 Å². The fourth-order valence-corrected chi connectivity index (χ4v) is 7.21. The summed E-state index contributed by atoms with van der Waals surface area (Å²) < 4.78 is 30.8. The fourth-order valence-electron chi connectivity index (χ4n) is 4.25. The van der Waals surface area contributed by atoms with Crippen molar-refractivity contribution in [1.29, 1.82) is 0 Å². The van der Waals surface area contributed by atoms with Gasteiger partial charge in [0.25, 0.3) is 0 Å². The van der Waals surface area contributed by atoms with E-state index >= 15 is 0 Å². The number of sulfonamides is 1. The predicted octanol–water partition coefficient (Wildman–Crippen LogP) is 5.37.